The summed E-state index contributed by atoms with van der Waals surface area (Å²) in [5, 5.41) is 19.2. The van der Waals surface area contributed by atoms with Crippen LogP contribution in [0.2, 0.25) is 0 Å². The quantitative estimate of drug-likeness (QED) is 0.521. The number of hydrogen-bond acceptors (Lipinski definition) is 4. The van der Waals surface area contributed by atoms with Gasteiger partial charge in [0.25, 0.3) is 12.1 Å². The Labute approximate surface area is 96.0 Å². The molecule has 0 saturated heterocycles. The molecule has 10 heteroatoms. The van der Waals surface area contributed by atoms with Gasteiger partial charge in [0.15, 0.2) is 0 Å². The SMILES string of the molecule is O=[N+]([O-])c1cnc(C(F)F)c(C(F)(F)F)c1CO. The van der Waals surface area contributed by atoms with Gasteiger partial charge in [-0.3, -0.25) is 10.1 Å². The third-order valence-electron chi connectivity index (χ3n) is 2.04. The van der Waals surface area contributed by atoms with Crippen molar-refractivity contribution in [1.82, 2.24) is 4.98 Å². The molecular weight excluding hydrogens is 267 g/mol. The van der Waals surface area contributed by atoms with Crippen molar-refractivity contribution in [2.45, 2.75) is 19.2 Å². The molecule has 0 aromatic carbocycles. The minimum atomic E-state index is -5.27. The summed E-state index contributed by atoms with van der Waals surface area (Å²) in [4.78, 5) is 12.0. The van der Waals surface area contributed by atoms with Crippen molar-refractivity contribution in [3.05, 3.63) is 33.1 Å². The van der Waals surface area contributed by atoms with Gasteiger partial charge in [0, 0.05) is 0 Å². The molecule has 0 atom stereocenters. The zero-order chi connectivity index (χ0) is 14.1. The Balaban J connectivity index is 3.67. The van der Waals surface area contributed by atoms with Gasteiger partial charge in [0.1, 0.15) is 11.9 Å². The fourth-order valence-corrected chi connectivity index (χ4v) is 1.35. The molecule has 1 rings (SSSR count). The van der Waals surface area contributed by atoms with Crippen LogP contribution < -0.4 is 0 Å². The van der Waals surface area contributed by atoms with Crippen molar-refractivity contribution in [3.8, 4) is 0 Å². The Morgan fingerprint density at radius 3 is 2.33 bits per heavy atom. The van der Waals surface area contributed by atoms with Crippen molar-refractivity contribution in [2.75, 3.05) is 0 Å². The number of aromatic nitrogens is 1. The average Bonchev–Trinajstić information content (AvgIpc) is 2.25. The van der Waals surface area contributed by atoms with Crippen molar-refractivity contribution < 1.29 is 32.0 Å². The van der Waals surface area contributed by atoms with E-state index in [0.717, 1.165) is 0 Å². The lowest BCUT2D eigenvalue weighted by molar-refractivity contribution is -0.386. The van der Waals surface area contributed by atoms with Gasteiger partial charge in [0.2, 0.25) is 0 Å². The lowest BCUT2D eigenvalue weighted by Gasteiger charge is -2.14. The van der Waals surface area contributed by atoms with Gasteiger partial charge < -0.3 is 5.11 Å². The number of aliphatic hydroxyl groups is 1. The monoisotopic (exact) mass is 272 g/mol. The van der Waals surface area contributed by atoms with Gasteiger partial charge in [-0.1, -0.05) is 0 Å². The molecule has 0 amide bonds. The van der Waals surface area contributed by atoms with Crippen LogP contribution in [0.15, 0.2) is 6.20 Å². The first kappa shape index (κ1) is 14.2. The van der Waals surface area contributed by atoms with E-state index in [-0.39, 0.29) is 6.20 Å². The lowest BCUT2D eigenvalue weighted by atomic mass is 10.0. The van der Waals surface area contributed by atoms with E-state index < -0.39 is 46.6 Å². The molecule has 0 unspecified atom stereocenters. The molecule has 0 bridgehead atoms. The molecule has 0 aliphatic rings. The van der Waals surface area contributed by atoms with Crippen molar-refractivity contribution in [3.63, 3.8) is 0 Å². The molecule has 5 nitrogen and oxygen atoms in total. The highest BCUT2D eigenvalue weighted by Crippen LogP contribution is 2.40. The second-order valence-electron chi connectivity index (χ2n) is 3.10. The number of nitro groups is 1. The summed E-state index contributed by atoms with van der Waals surface area (Å²) in [6.45, 7) is -1.40. The van der Waals surface area contributed by atoms with Crippen LogP contribution in [0, 0.1) is 10.1 Å². The van der Waals surface area contributed by atoms with E-state index in [1.807, 2.05) is 0 Å². The van der Waals surface area contributed by atoms with Gasteiger partial charge in [-0.05, 0) is 0 Å². The number of pyridine rings is 1. The summed E-state index contributed by atoms with van der Waals surface area (Å²) in [6, 6.07) is 0. The Morgan fingerprint density at radius 2 is 2.00 bits per heavy atom. The highest BCUT2D eigenvalue weighted by molar-refractivity contribution is 5.47. The molecule has 0 fully saturated rings. The minimum Gasteiger partial charge on any atom is -0.391 e. The second kappa shape index (κ2) is 4.80. The summed E-state index contributed by atoms with van der Waals surface area (Å²) in [7, 11) is 0. The summed E-state index contributed by atoms with van der Waals surface area (Å²) in [5.74, 6) is 0. The molecule has 1 aromatic heterocycles. The topological polar surface area (TPSA) is 76.3 Å². The maximum atomic E-state index is 12.6. The van der Waals surface area contributed by atoms with Crippen LogP contribution in [0.4, 0.5) is 27.6 Å². The molecule has 0 spiro atoms. The van der Waals surface area contributed by atoms with Gasteiger partial charge in [-0.25, -0.2) is 13.8 Å². The fourth-order valence-electron chi connectivity index (χ4n) is 1.35. The van der Waals surface area contributed by atoms with Crippen molar-refractivity contribution >= 4 is 5.69 Å². The van der Waals surface area contributed by atoms with E-state index in [9.17, 15) is 32.1 Å². The van der Waals surface area contributed by atoms with Crippen LogP contribution >= 0.6 is 0 Å². The average molecular weight is 272 g/mol. The van der Waals surface area contributed by atoms with Crippen LogP contribution in [0.25, 0.3) is 0 Å². The first-order valence-electron chi connectivity index (χ1n) is 4.32. The maximum Gasteiger partial charge on any atom is 0.418 e. The Hall–Kier alpha value is -1.84. The van der Waals surface area contributed by atoms with Crippen LogP contribution in [-0.4, -0.2) is 15.0 Å². The Kier molecular flexibility index (Phi) is 3.79. The summed E-state index contributed by atoms with van der Waals surface area (Å²) >= 11 is 0. The molecule has 1 N–H and O–H groups in total. The number of hydrogen-bond donors (Lipinski definition) is 1. The molecule has 0 radical (unpaired) electrons. The third-order valence-corrected chi connectivity index (χ3v) is 2.04. The van der Waals surface area contributed by atoms with Gasteiger partial charge in [-0.15, -0.1) is 0 Å². The Morgan fingerprint density at radius 1 is 1.44 bits per heavy atom. The number of aliphatic hydroxyl groups excluding tert-OH is 1. The van der Waals surface area contributed by atoms with Crippen LogP contribution in [0.3, 0.4) is 0 Å². The first-order chi connectivity index (χ1) is 8.20. The third kappa shape index (κ3) is 2.53. The molecule has 18 heavy (non-hydrogen) atoms. The molecule has 0 aliphatic carbocycles. The van der Waals surface area contributed by atoms with E-state index in [2.05, 4.69) is 4.98 Å². The first-order valence-corrected chi connectivity index (χ1v) is 4.32. The number of nitrogens with zero attached hydrogens (tertiary/aromatic N) is 2. The standard InChI is InChI=1S/C8H5F5N2O3/c9-7(10)6-5(8(11,12)13)3(2-16)4(1-14-6)15(17)18/h1,7,16H,2H2. The second-order valence-corrected chi connectivity index (χ2v) is 3.10. The van der Waals surface area contributed by atoms with Gasteiger partial charge in [-0.2, -0.15) is 13.2 Å². The van der Waals surface area contributed by atoms with Gasteiger partial charge >= 0.3 is 6.18 Å². The molecule has 0 saturated carbocycles. The lowest BCUT2D eigenvalue weighted by Crippen LogP contribution is -2.16. The highest BCUT2D eigenvalue weighted by Gasteiger charge is 2.42. The van der Waals surface area contributed by atoms with Gasteiger partial charge in [0.05, 0.1) is 22.7 Å². The van der Waals surface area contributed by atoms with Crippen LogP contribution in [0.1, 0.15) is 23.2 Å². The largest absolute Gasteiger partial charge is 0.418 e. The molecule has 100 valence electrons. The number of rotatable bonds is 3. The molecule has 1 heterocycles. The Bertz CT molecular complexity index is 475. The van der Waals surface area contributed by atoms with E-state index in [0.29, 0.717) is 0 Å². The zero-order valence-corrected chi connectivity index (χ0v) is 8.41. The number of halogens is 5. The molecule has 1 aromatic rings. The zero-order valence-electron chi connectivity index (χ0n) is 8.41. The van der Waals surface area contributed by atoms with Crippen LogP contribution in [0.5, 0.6) is 0 Å². The summed E-state index contributed by atoms with van der Waals surface area (Å²) in [5.41, 5.74) is -5.99. The predicted octanol–water partition coefficient (Wildman–Crippen LogP) is 2.44. The number of alkyl halides is 5. The van der Waals surface area contributed by atoms with E-state index in [1.54, 1.807) is 0 Å². The summed E-state index contributed by atoms with van der Waals surface area (Å²) < 4.78 is 62.6. The van der Waals surface area contributed by atoms with E-state index in [4.69, 9.17) is 5.11 Å². The van der Waals surface area contributed by atoms with E-state index >= 15 is 0 Å². The molecular formula is C8H5F5N2O3. The van der Waals surface area contributed by atoms with E-state index in [1.165, 1.54) is 0 Å². The smallest absolute Gasteiger partial charge is 0.391 e. The highest BCUT2D eigenvalue weighted by atomic mass is 19.4. The summed E-state index contributed by atoms with van der Waals surface area (Å²) in [6.07, 6.45) is -8.57. The normalized spacial score (nSPS) is 11.9. The molecule has 0 aliphatic heterocycles. The fraction of sp³-hybridized carbons (Fsp3) is 0.375. The predicted molar refractivity (Wildman–Crippen MR) is 46.8 cm³/mol. The van der Waals surface area contributed by atoms with Crippen molar-refractivity contribution in [2.24, 2.45) is 0 Å². The van der Waals surface area contributed by atoms with Crippen LogP contribution in [-0.2, 0) is 12.8 Å². The van der Waals surface area contributed by atoms with Crippen molar-refractivity contribution in [1.29, 1.82) is 0 Å². The minimum absolute atomic E-state index is 0.266. The maximum absolute atomic E-state index is 12.6.